The average Bonchev–Trinajstić information content (AvgIpc) is 2.44. The number of carbonyl (C=O) groups is 2. The Labute approximate surface area is 111 Å². The molecule has 0 radical (unpaired) electrons. The molecule has 0 bridgehead atoms. The molecule has 2 aromatic carbocycles. The summed E-state index contributed by atoms with van der Waals surface area (Å²) in [6.45, 7) is 0. The number of anilines is 1. The predicted molar refractivity (Wildman–Crippen MR) is 74.1 cm³/mol. The van der Waals surface area contributed by atoms with Crippen molar-refractivity contribution in [2.24, 2.45) is 0 Å². The first-order valence-corrected chi connectivity index (χ1v) is 6.09. The first-order valence-electron chi connectivity index (χ1n) is 6.09. The standard InChI is InChI=1S/C16H13NO2/c1-17(2)10-7-8-13-14(9-10)16(19)12-6-4-3-5-11(12)15(13)18/h3-9H,1-2H3. The van der Waals surface area contributed by atoms with Gasteiger partial charge in [0.2, 0.25) is 0 Å². The van der Waals surface area contributed by atoms with Gasteiger partial charge >= 0.3 is 0 Å². The van der Waals surface area contributed by atoms with Crippen molar-refractivity contribution in [3.63, 3.8) is 0 Å². The van der Waals surface area contributed by atoms with E-state index in [2.05, 4.69) is 0 Å². The van der Waals surface area contributed by atoms with Gasteiger partial charge < -0.3 is 4.90 Å². The van der Waals surface area contributed by atoms with Crippen molar-refractivity contribution in [2.45, 2.75) is 0 Å². The van der Waals surface area contributed by atoms with Crippen LogP contribution in [0.15, 0.2) is 42.5 Å². The van der Waals surface area contributed by atoms with Crippen LogP contribution in [0.25, 0.3) is 0 Å². The van der Waals surface area contributed by atoms with Crippen molar-refractivity contribution < 1.29 is 9.59 Å². The van der Waals surface area contributed by atoms with Gasteiger partial charge in [-0.25, -0.2) is 0 Å². The van der Waals surface area contributed by atoms with Gasteiger partial charge in [0, 0.05) is 42.0 Å². The van der Waals surface area contributed by atoms with Crippen LogP contribution in [-0.4, -0.2) is 25.7 Å². The van der Waals surface area contributed by atoms with Gasteiger partial charge in [-0.3, -0.25) is 9.59 Å². The van der Waals surface area contributed by atoms with E-state index in [1.165, 1.54) is 0 Å². The van der Waals surface area contributed by atoms with Crippen molar-refractivity contribution in [3.05, 3.63) is 64.7 Å². The molecule has 0 saturated heterocycles. The van der Waals surface area contributed by atoms with Gasteiger partial charge in [0.05, 0.1) is 0 Å². The van der Waals surface area contributed by atoms with Crippen LogP contribution in [0, 0.1) is 0 Å². The highest BCUT2D eigenvalue weighted by Crippen LogP contribution is 2.29. The number of hydrogen-bond donors (Lipinski definition) is 0. The Morgan fingerprint density at radius 2 is 1.26 bits per heavy atom. The summed E-state index contributed by atoms with van der Waals surface area (Å²) in [6.07, 6.45) is 0. The van der Waals surface area contributed by atoms with Gasteiger partial charge in [0.15, 0.2) is 11.6 Å². The maximum atomic E-state index is 12.5. The molecule has 0 atom stereocenters. The van der Waals surface area contributed by atoms with Gasteiger partial charge in [-0.05, 0) is 18.2 Å². The number of ketones is 2. The molecule has 0 N–H and O–H groups in total. The van der Waals surface area contributed by atoms with Crippen molar-refractivity contribution >= 4 is 17.3 Å². The summed E-state index contributed by atoms with van der Waals surface area (Å²) < 4.78 is 0. The molecule has 0 fully saturated rings. The fourth-order valence-electron chi connectivity index (χ4n) is 2.37. The average molecular weight is 251 g/mol. The SMILES string of the molecule is CN(C)c1ccc2c(c1)C(=O)c1ccccc1C2=O. The summed E-state index contributed by atoms with van der Waals surface area (Å²) in [5.41, 5.74) is 2.90. The maximum absolute atomic E-state index is 12.5. The Balaban J connectivity index is 2.24. The van der Waals surface area contributed by atoms with Crippen molar-refractivity contribution in [3.8, 4) is 0 Å². The smallest absolute Gasteiger partial charge is 0.194 e. The lowest BCUT2D eigenvalue weighted by Crippen LogP contribution is -2.21. The molecule has 3 rings (SSSR count). The molecule has 0 unspecified atom stereocenters. The van der Waals surface area contributed by atoms with E-state index in [1.807, 2.05) is 25.1 Å². The van der Waals surface area contributed by atoms with Crippen LogP contribution in [0.4, 0.5) is 5.69 Å². The van der Waals surface area contributed by atoms with Crippen LogP contribution >= 0.6 is 0 Å². The Morgan fingerprint density at radius 1 is 0.737 bits per heavy atom. The molecular formula is C16H13NO2. The Bertz CT molecular complexity index is 702. The van der Waals surface area contributed by atoms with Gasteiger partial charge in [-0.1, -0.05) is 24.3 Å². The first kappa shape index (κ1) is 11.7. The van der Waals surface area contributed by atoms with E-state index in [9.17, 15) is 9.59 Å². The largest absolute Gasteiger partial charge is 0.378 e. The van der Waals surface area contributed by atoms with Crippen molar-refractivity contribution in [1.82, 2.24) is 0 Å². The van der Waals surface area contributed by atoms with Gasteiger partial charge in [-0.2, -0.15) is 0 Å². The van der Waals surface area contributed by atoms with Gasteiger partial charge in [-0.15, -0.1) is 0 Å². The monoisotopic (exact) mass is 251 g/mol. The minimum atomic E-state index is -0.0751. The fourth-order valence-corrected chi connectivity index (χ4v) is 2.37. The highest BCUT2D eigenvalue weighted by Gasteiger charge is 2.29. The molecule has 0 aromatic heterocycles. The van der Waals surface area contributed by atoms with E-state index in [-0.39, 0.29) is 11.6 Å². The molecule has 0 saturated carbocycles. The zero-order chi connectivity index (χ0) is 13.6. The highest BCUT2D eigenvalue weighted by atomic mass is 16.1. The molecule has 0 aliphatic heterocycles. The summed E-state index contributed by atoms with van der Waals surface area (Å²) in [7, 11) is 3.82. The second kappa shape index (κ2) is 4.05. The van der Waals surface area contributed by atoms with Crippen LogP contribution in [0.1, 0.15) is 31.8 Å². The van der Waals surface area contributed by atoms with Gasteiger partial charge in [0.25, 0.3) is 0 Å². The van der Waals surface area contributed by atoms with Crippen LogP contribution < -0.4 is 4.90 Å². The van der Waals surface area contributed by atoms with E-state index < -0.39 is 0 Å². The zero-order valence-electron chi connectivity index (χ0n) is 10.8. The third-order valence-electron chi connectivity index (χ3n) is 3.43. The molecule has 2 aromatic rings. The molecular weight excluding hydrogens is 238 g/mol. The molecule has 94 valence electrons. The maximum Gasteiger partial charge on any atom is 0.194 e. The van der Waals surface area contributed by atoms with Crippen LogP contribution in [0.3, 0.4) is 0 Å². The Morgan fingerprint density at radius 3 is 1.84 bits per heavy atom. The number of carbonyl (C=O) groups excluding carboxylic acids is 2. The highest BCUT2D eigenvalue weighted by molar-refractivity contribution is 6.28. The van der Waals surface area contributed by atoms with Crippen molar-refractivity contribution in [2.75, 3.05) is 19.0 Å². The van der Waals surface area contributed by atoms with E-state index in [0.717, 1.165) is 5.69 Å². The molecule has 3 heteroatoms. The fraction of sp³-hybridized carbons (Fsp3) is 0.125. The summed E-state index contributed by atoms with van der Waals surface area (Å²) in [5, 5.41) is 0. The third-order valence-corrected chi connectivity index (χ3v) is 3.43. The van der Waals surface area contributed by atoms with Crippen LogP contribution in [0.5, 0.6) is 0 Å². The van der Waals surface area contributed by atoms with E-state index in [1.54, 1.807) is 36.4 Å². The number of benzene rings is 2. The lowest BCUT2D eigenvalue weighted by atomic mass is 9.84. The first-order chi connectivity index (χ1) is 9.09. The Kier molecular flexibility index (Phi) is 2.49. The number of rotatable bonds is 1. The second-order valence-electron chi connectivity index (χ2n) is 4.83. The molecule has 1 aliphatic carbocycles. The lowest BCUT2D eigenvalue weighted by molar-refractivity contribution is 0.0979. The quantitative estimate of drug-likeness (QED) is 0.667. The molecule has 3 nitrogen and oxygen atoms in total. The topological polar surface area (TPSA) is 37.4 Å². The van der Waals surface area contributed by atoms with Crippen LogP contribution in [-0.2, 0) is 0 Å². The third kappa shape index (κ3) is 1.66. The molecule has 0 heterocycles. The van der Waals surface area contributed by atoms with E-state index >= 15 is 0 Å². The Hall–Kier alpha value is -2.42. The van der Waals surface area contributed by atoms with Gasteiger partial charge in [0.1, 0.15) is 0 Å². The number of fused-ring (bicyclic) bond motifs is 2. The summed E-state index contributed by atoms with van der Waals surface area (Å²) in [4.78, 5) is 26.7. The second-order valence-corrected chi connectivity index (χ2v) is 4.83. The van der Waals surface area contributed by atoms with Crippen molar-refractivity contribution in [1.29, 1.82) is 0 Å². The summed E-state index contributed by atoms with van der Waals surface area (Å²) in [6, 6.07) is 12.4. The zero-order valence-corrected chi connectivity index (χ0v) is 10.8. The minimum absolute atomic E-state index is 0.0736. The number of hydrogen-bond acceptors (Lipinski definition) is 3. The lowest BCUT2D eigenvalue weighted by Gasteiger charge is -2.20. The molecule has 0 amide bonds. The summed E-state index contributed by atoms with van der Waals surface area (Å²) >= 11 is 0. The van der Waals surface area contributed by atoms with Crippen LogP contribution in [0.2, 0.25) is 0 Å². The normalized spacial score (nSPS) is 12.9. The molecule has 1 aliphatic rings. The summed E-state index contributed by atoms with van der Waals surface area (Å²) in [5.74, 6) is -0.149. The van der Waals surface area contributed by atoms with E-state index in [4.69, 9.17) is 0 Å². The number of nitrogens with zero attached hydrogens (tertiary/aromatic N) is 1. The minimum Gasteiger partial charge on any atom is -0.378 e. The van der Waals surface area contributed by atoms with E-state index in [0.29, 0.717) is 22.3 Å². The molecule has 0 spiro atoms. The predicted octanol–water partition coefficient (Wildman–Crippen LogP) is 2.53. The molecule has 19 heavy (non-hydrogen) atoms.